The first kappa shape index (κ1) is 14.8. The van der Waals surface area contributed by atoms with Crippen LogP contribution in [0.25, 0.3) is 0 Å². The van der Waals surface area contributed by atoms with Crippen molar-refractivity contribution in [2.75, 3.05) is 25.0 Å². The minimum Gasteiger partial charge on any atom is -0.508 e. The molecule has 1 aliphatic rings. The molecule has 0 unspecified atom stereocenters. The van der Waals surface area contributed by atoms with Crippen molar-refractivity contribution < 1.29 is 14.6 Å². The number of hydrogen-bond acceptors (Lipinski definition) is 4. The molecule has 1 fully saturated rings. The minimum atomic E-state index is -0.156. The maximum atomic E-state index is 11.9. The maximum absolute atomic E-state index is 11.9. The minimum absolute atomic E-state index is 0.0734. The zero-order chi connectivity index (χ0) is 14.5. The Morgan fingerprint density at radius 3 is 2.75 bits per heavy atom. The molecule has 1 saturated heterocycles. The van der Waals surface area contributed by atoms with Crippen LogP contribution in [0.15, 0.2) is 12.1 Å². The first-order valence-corrected chi connectivity index (χ1v) is 6.98. The number of carbonyl (C=O) groups is 1. The normalized spacial score (nSPS) is 16.1. The zero-order valence-corrected chi connectivity index (χ0v) is 12.0. The van der Waals surface area contributed by atoms with E-state index in [0.717, 1.165) is 42.7 Å². The molecule has 1 heterocycles. The highest BCUT2D eigenvalue weighted by Crippen LogP contribution is 2.24. The Hall–Kier alpha value is -1.59. The van der Waals surface area contributed by atoms with Crippen molar-refractivity contribution in [1.82, 2.24) is 5.32 Å². The molecule has 1 aliphatic heterocycles. The monoisotopic (exact) mass is 278 g/mol. The number of benzene rings is 1. The number of hydrogen-bond donors (Lipinski definition) is 3. The number of piperidine rings is 1. The van der Waals surface area contributed by atoms with E-state index in [-0.39, 0.29) is 24.4 Å². The third-order valence-corrected chi connectivity index (χ3v) is 3.55. The first-order chi connectivity index (χ1) is 9.56. The molecule has 0 bridgehead atoms. The second-order valence-electron chi connectivity index (χ2n) is 5.26. The van der Waals surface area contributed by atoms with Crippen LogP contribution in [-0.2, 0) is 9.53 Å². The number of anilines is 1. The third-order valence-electron chi connectivity index (χ3n) is 3.55. The van der Waals surface area contributed by atoms with Gasteiger partial charge in [0.05, 0.1) is 6.10 Å². The van der Waals surface area contributed by atoms with Crippen LogP contribution in [0.1, 0.15) is 24.0 Å². The molecule has 0 atom stereocenters. The van der Waals surface area contributed by atoms with Crippen molar-refractivity contribution in [2.45, 2.75) is 32.8 Å². The molecule has 5 nitrogen and oxygen atoms in total. The highest BCUT2D eigenvalue weighted by Gasteiger charge is 2.15. The van der Waals surface area contributed by atoms with Gasteiger partial charge >= 0.3 is 0 Å². The molecule has 5 heteroatoms. The van der Waals surface area contributed by atoms with Crippen molar-refractivity contribution in [3.63, 3.8) is 0 Å². The summed E-state index contributed by atoms with van der Waals surface area (Å²) in [4.78, 5) is 11.9. The van der Waals surface area contributed by atoms with Crippen molar-refractivity contribution >= 4 is 11.6 Å². The van der Waals surface area contributed by atoms with Crippen molar-refractivity contribution in [2.24, 2.45) is 0 Å². The molecule has 0 saturated carbocycles. The largest absolute Gasteiger partial charge is 0.508 e. The lowest BCUT2D eigenvalue weighted by molar-refractivity contribution is -0.123. The molecule has 1 aromatic rings. The fourth-order valence-corrected chi connectivity index (χ4v) is 2.28. The van der Waals surface area contributed by atoms with Crippen LogP contribution >= 0.6 is 0 Å². The third kappa shape index (κ3) is 3.95. The summed E-state index contributed by atoms with van der Waals surface area (Å²) in [5, 5.41) is 15.7. The Bertz CT molecular complexity index is 482. The van der Waals surface area contributed by atoms with E-state index >= 15 is 0 Å². The van der Waals surface area contributed by atoms with E-state index in [9.17, 15) is 9.90 Å². The first-order valence-electron chi connectivity index (χ1n) is 6.98. The molecular weight excluding hydrogens is 256 g/mol. The molecule has 1 aromatic carbocycles. The van der Waals surface area contributed by atoms with Gasteiger partial charge in [-0.3, -0.25) is 4.79 Å². The van der Waals surface area contributed by atoms with Crippen LogP contribution < -0.4 is 10.6 Å². The summed E-state index contributed by atoms with van der Waals surface area (Å²) in [6, 6.07) is 3.42. The van der Waals surface area contributed by atoms with Crippen LogP contribution in [0, 0.1) is 13.8 Å². The van der Waals surface area contributed by atoms with E-state index in [1.165, 1.54) is 0 Å². The fraction of sp³-hybridized carbons (Fsp3) is 0.533. The van der Waals surface area contributed by atoms with Gasteiger partial charge < -0.3 is 20.5 Å². The van der Waals surface area contributed by atoms with Gasteiger partial charge in [0.15, 0.2) is 0 Å². The molecule has 20 heavy (non-hydrogen) atoms. The van der Waals surface area contributed by atoms with Gasteiger partial charge in [-0.25, -0.2) is 0 Å². The van der Waals surface area contributed by atoms with Crippen LogP contribution in [-0.4, -0.2) is 36.8 Å². The van der Waals surface area contributed by atoms with Crippen LogP contribution in [0.2, 0.25) is 0 Å². The summed E-state index contributed by atoms with van der Waals surface area (Å²) in [5.41, 5.74) is 2.30. The lowest BCUT2D eigenvalue weighted by Crippen LogP contribution is -2.34. The molecule has 0 spiro atoms. The van der Waals surface area contributed by atoms with Crippen molar-refractivity contribution in [3.05, 3.63) is 23.3 Å². The molecule has 2 rings (SSSR count). The highest BCUT2D eigenvalue weighted by atomic mass is 16.5. The average molecular weight is 278 g/mol. The lowest BCUT2D eigenvalue weighted by atomic mass is 10.1. The number of phenols is 1. The summed E-state index contributed by atoms with van der Waals surface area (Å²) < 4.78 is 5.61. The van der Waals surface area contributed by atoms with Gasteiger partial charge in [0.25, 0.3) is 0 Å². The highest BCUT2D eigenvalue weighted by molar-refractivity contribution is 5.92. The van der Waals surface area contributed by atoms with Gasteiger partial charge in [-0.05, 0) is 63.0 Å². The van der Waals surface area contributed by atoms with Crippen LogP contribution in [0.4, 0.5) is 5.69 Å². The quantitative estimate of drug-likeness (QED) is 0.733. The van der Waals surface area contributed by atoms with E-state index in [1.807, 2.05) is 6.92 Å². The van der Waals surface area contributed by atoms with E-state index in [0.29, 0.717) is 0 Å². The second-order valence-corrected chi connectivity index (χ2v) is 5.26. The summed E-state index contributed by atoms with van der Waals surface area (Å²) in [6.45, 7) is 5.62. The molecule has 0 aromatic heterocycles. The van der Waals surface area contributed by atoms with Crippen LogP contribution in [0.3, 0.4) is 0 Å². The van der Waals surface area contributed by atoms with Gasteiger partial charge in [-0.15, -0.1) is 0 Å². The van der Waals surface area contributed by atoms with Crippen molar-refractivity contribution in [3.8, 4) is 5.75 Å². The zero-order valence-electron chi connectivity index (χ0n) is 12.0. The number of rotatable bonds is 4. The molecule has 0 aliphatic carbocycles. The molecule has 1 amide bonds. The summed E-state index contributed by atoms with van der Waals surface area (Å²) >= 11 is 0. The van der Waals surface area contributed by atoms with E-state index in [2.05, 4.69) is 10.6 Å². The fourth-order valence-electron chi connectivity index (χ4n) is 2.28. The molecular formula is C15H22N2O3. The number of nitrogens with one attached hydrogen (secondary N) is 2. The van der Waals surface area contributed by atoms with E-state index in [4.69, 9.17) is 4.74 Å². The smallest absolute Gasteiger partial charge is 0.250 e. The molecule has 110 valence electrons. The Balaban J connectivity index is 1.86. The van der Waals surface area contributed by atoms with Gasteiger partial charge in [0.2, 0.25) is 5.91 Å². The Morgan fingerprint density at radius 1 is 1.35 bits per heavy atom. The van der Waals surface area contributed by atoms with E-state index < -0.39 is 0 Å². The molecule has 3 N–H and O–H groups in total. The lowest BCUT2D eigenvalue weighted by Gasteiger charge is -2.22. The van der Waals surface area contributed by atoms with E-state index in [1.54, 1.807) is 19.1 Å². The second kappa shape index (κ2) is 6.72. The Kier molecular flexibility index (Phi) is 4.98. The van der Waals surface area contributed by atoms with Gasteiger partial charge in [-0.2, -0.15) is 0 Å². The average Bonchev–Trinajstić information content (AvgIpc) is 2.44. The number of carbonyl (C=O) groups excluding carboxylic acids is 1. The number of aryl methyl sites for hydroxylation is 2. The van der Waals surface area contributed by atoms with Gasteiger partial charge in [-0.1, -0.05) is 0 Å². The Morgan fingerprint density at radius 2 is 2.05 bits per heavy atom. The van der Waals surface area contributed by atoms with Gasteiger partial charge in [0, 0.05) is 5.69 Å². The predicted molar refractivity (Wildman–Crippen MR) is 78.1 cm³/mol. The number of amides is 1. The van der Waals surface area contributed by atoms with Crippen LogP contribution in [0.5, 0.6) is 5.75 Å². The maximum Gasteiger partial charge on any atom is 0.250 e. The number of phenolic OH excluding ortho intramolecular Hbond substituents is 1. The van der Waals surface area contributed by atoms with Crippen molar-refractivity contribution in [1.29, 1.82) is 0 Å². The summed E-state index contributed by atoms with van der Waals surface area (Å²) in [5.74, 6) is 0.0863. The number of aromatic hydroxyl groups is 1. The number of ether oxygens (including phenoxy) is 1. The topological polar surface area (TPSA) is 70.6 Å². The Labute approximate surface area is 119 Å². The van der Waals surface area contributed by atoms with Gasteiger partial charge in [0.1, 0.15) is 12.4 Å². The summed E-state index contributed by atoms with van der Waals surface area (Å²) in [7, 11) is 0. The predicted octanol–water partition coefficient (Wildman–Crippen LogP) is 1.72. The molecule has 0 radical (unpaired) electrons. The SMILES string of the molecule is Cc1cc(NC(=O)COC2CCNCC2)c(C)cc1O. The summed E-state index contributed by atoms with van der Waals surface area (Å²) in [6.07, 6.45) is 2.07. The standard InChI is InChI=1S/C15H22N2O3/c1-10-8-14(18)11(2)7-13(10)17-15(19)9-20-12-3-5-16-6-4-12/h7-8,12,16,18H,3-6,9H2,1-2H3,(H,17,19).